The molecule has 10 heteroatoms. The first kappa shape index (κ1) is 22.2. The Morgan fingerprint density at radius 2 is 1.59 bits per heavy atom. The van der Waals surface area contributed by atoms with E-state index in [1.54, 1.807) is 30.3 Å². The Bertz CT molecular complexity index is 878. The number of hydrogen-bond acceptors (Lipinski definition) is 3. The molecule has 1 N–H and O–H groups in total. The molecule has 0 heterocycles. The third kappa shape index (κ3) is 6.75. The van der Waals surface area contributed by atoms with Gasteiger partial charge in [-0.2, -0.15) is 26.3 Å². The average molecular weight is 416 g/mol. The molecular weight excluding hydrogens is 402 g/mol. The van der Waals surface area contributed by atoms with E-state index in [0.717, 1.165) is 16.8 Å². The smallest absolute Gasteiger partial charge is 0.289 e. The molecule has 0 fully saturated rings. The van der Waals surface area contributed by atoms with Gasteiger partial charge < -0.3 is 0 Å². The molecule has 154 valence electrons. The van der Waals surface area contributed by atoms with E-state index in [-0.39, 0.29) is 17.8 Å². The fourth-order valence-corrected chi connectivity index (χ4v) is 2.27. The molecule has 1 amide bonds. The number of amides is 1. The van der Waals surface area contributed by atoms with Gasteiger partial charge in [0, 0.05) is 17.8 Å². The van der Waals surface area contributed by atoms with Crippen LogP contribution >= 0.6 is 0 Å². The normalized spacial score (nSPS) is 16.9. The second-order valence-electron chi connectivity index (χ2n) is 5.77. The average Bonchev–Trinajstić information content (AvgIpc) is 2.60. The number of hydroxylamine groups is 2. The summed E-state index contributed by atoms with van der Waals surface area (Å²) in [6.45, 7) is 0.0509. The molecule has 0 aromatic heterocycles. The van der Waals surface area contributed by atoms with Gasteiger partial charge in [0.15, 0.2) is 0 Å². The summed E-state index contributed by atoms with van der Waals surface area (Å²) >= 11 is 0. The van der Waals surface area contributed by atoms with E-state index < -0.39 is 29.9 Å². The Morgan fingerprint density at radius 3 is 2.17 bits per heavy atom. The summed E-state index contributed by atoms with van der Waals surface area (Å²) < 4.78 is 75.3. The number of nitrogens with zero attached hydrogens (tertiary/aromatic N) is 2. The van der Waals surface area contributed by atoms with Gasteiger partial charge in [0.05, 0.1) is 12.3 Å². The first-order valence-corrected chi connectivity index (χ1v) is 8.02. The van der Waals surface area contributed by atoms with Gasteiger partial charge >= 0.3 is 12.4 Å². The molecule has 2 rings (SSSR count). The number of carbonyl (C=O) groups is 1. The molecule has 1 aromatic rings. The standard InChI is InChI=1S/C19H14F6N2O2/c20-18(21,22)16(19(23,24)25)10-17(28)26-15-9-5-4-8-14(15)12-27(29)11-13-6-2-1-3-7-13/h1-10,12,29H,11H2/b14-12+,26-15?. The lowest BCUT2D eigenvalue weighted by molar-refractivity contribution is -0.172. The first-order chi connectivity index (χ1) is 13.5. The number of hydrogen-bond donors (Lipinski definition) is 1. The van der Waals surface area contributed by atoms with Crippen LogP contribution in [-0.4, -0.2) is 34.2 Å². The summed E-state index contributed by atoms with van der Waals surface area (Å²) in [6, 6.07) is 8.74. The summed E-state index contributed by atoms with van der Waals surface area (Å²) in [6.07, 6.45) is -5.47. The SMILES string of the molecule is O=C(C=C(C(F)(F)F)C(F)(F)F)N=C1C=CC=C/C1=C\N(O)Cc1ccccc1. The van der Waals surface area contributed by atoms with Gasteiger partial charge in [-0.15, -0.1) is 0 Å². The van der Waals surface area contributed by atoms with Gasteiger partial charge in [-0.1, -0.05) is 48.6 Å². The largest absolute Gasteiger partial charge is 0.421 e. The molecule has 0 saturated carbocycles. The van der Waals surface area contributed by atoms with Crippen LogP contribution in [0.15, 0.2) is 83.1 Å². The van der Waals surface area contributed by atoms with Crippen molar-refractivity contribution in [2.24, 2.45) is 4.99 Å². The zero-order chi connectivity index (χ0) is 21.7. The van der Waals surface area contributed by atoms with E-state index in [1.165, 1.54) is 24.3 Å². The van der Waals surface area contributed by atoms with E-state index in [0.29, 0.717) is 0 Å². The zero-order valence-electron chi connectivity index (χ0n) is 14.6. The first-order valence-electron chi connectivity index (χ1n) is 8.02. The van der Waals surface area contributed by atoms with Gasteiger partial charge in [0.1, 0.15) is 5.57 Å². The monoisotopic (exact) mass is 416 g/mol. The lowest BCUT2D eigenvalue weighted by atomic mass is 10.1. The Morgan fingerprint density at radius 1 is 1.00 bits per heavy atom. The Labute approximate surface area is 161 Å². The lowest BCUT2D eigenvalue weighted by Crippen LogP contribution is -2.27. The Balaban J connectivity index is 2.27. The predicted molar refractivity (Wildman–Crippen MR) is 92.8 cm³/mol. The van der Waals surface area contributed by atoms with Crippen molar-refractivity contribution in [2.45, 2.75) is 18.9 Å². The van der Waals surface area contributed by atoms with Crippen molar-refractivity contribution in [2.75, 3.05) is 0 Å². The Kier molecular flexibility index (Phi) is 6.80. The molecule has 0 aliphatic heterocycles. The van der Waals surface area contributed by atoms with Crippen molar-refractivity contribution >= 4 is 11.6 Å². The molecule has 4 nitrogen and oxygen atoms in total. The van der Waals surface area contributed by atoms with Crippen molar-refractivity contribution in [3.8, 4) is 0 Å². The van der Waals surface area contributed by atoms with Crippen LogP contribution in [0.1, 0.15) is 5.56 Å². The highest BCUT2D eigenvalue weighted by atomic mass is 19.4. The van der Waals surface area contributed by atoms with E-state index in [1.807, 2.05) is 0 Å². The van der Waals surface area contributed by atoms with Crippen molar-refractivity contribution in [3.63, 3.8) is 0 Å². The number of allylic oxidation sites excluding steroid dienone is 6. The van der Waals surface area contributed by atoms with Crippen LogP contribution in [0.25, 0.3) is 0 Å². The van der Waals surface area contributed by atoms with Gasteiger partial charge in [-0.3, -0.25) is 15.1 Å². The summed E-state index contributed by atoms with van der Waals surface area (Å²) in [5.74, 6) is -1.73. The van der Waals surface area contributed by atoms with Gasteiger partial charge in [-0.25, -0.2) is 4.99 Å². The molecule has 0 radical (unpaired) electrons. The number of alkyl halides is 6. The maximum Gasteiger partial charge on any atom is 0.421 e. The number of rotatable bonds is 4. The molecule has 1 aromatic carbocycles. The van der Waals surface area contributed by atoms with Crippen LogP contribution in [0.3, 0.4) is 0 Å². The van der Waals surface area contributed by atoms with Crippen LogP contribution in [0.2, 0.25) is 0 Å². The van der Waals surface area contributed by atoms with Crippen LogP contribution in [0, 0.1) is 0 Å². The highest BCUT2D eigenvalue weighted by Crippen LogP contribution is 2.38. The van der Waals surface area contributed by atoms with Gasteiger partial charge in [-0.05, 0) is 11.6 Å². The van der Waals surface area contributed by atoms with E-state index in [2.05, 4.69) is 4.99 Å². The number of halogens is 6. The topological polar surface area (TPSA) is 52.9 Å². The molecule has 0 unspecified atom stereocenters. The Hall–Kier alpha value is -3.14. The second-order valence-corrected chi connectivity index (χ2v) is 5.77. The van der Waals surface area contributed by atoms with Crippen LogP contribution in [-0.2, 0) is 11.3 Å². The second kappa shape index (κ2) is 8.91. The highest BCUT2D eigenvalue weighted by Gasteiger charge is 2.51. The lowest BCUT2D eigenvalue weighted by Gasteiger charge is -2.15. The minimum Gasteiger partial charge on any atom is -0.289 e. The fourth-order valence-electron chi connectivity index (χ4n) is 2.27. The summed E-state index contributed by atoms with van der Waals surface area (Å²) in [5.41, 5.74) is -2.30. The van der Waals surface area contributed by atoms with Crippen molar-refractivity contribution < 1.29 is 36.3 Å². The highest BCUT2D eigenvalue weighted by molar-refractivity contribution is 6.16. The summed E-state index contributed by atoms with van der Waals surface area (Å²) in [7, 11) is 0. The molecule has 29 heavy (non-hydrogen) atoms. The molecule has 0 spiro atoms. The number of carbonyl (C=O) groups excluding carboxylic acids is 1. The molecule has 0 saturated heterocycles. The van der Waals surface area contributed by atoms with Crippen LogP contribution in [0.5, 0.6) is 0 Å². The third-order valence-electron chi connectivity index (χ3n) is 3.52. The molecule has 0 atom stereocenters. The van der Waals surface area contributed by atoms with Crippen molar-refractivity contribution in [1.82, 2.24) is 5.06 Å². The van der Waals surface area contributed by atoms with E-state index >= 15 is 0 Å². The fraction of sp³-hybridized carbons (Fsp3) is 0.158. The minimum atomic E-state index is -5.76. The van der Waals surface area contributed by atoms with Gasteiger partial charge in [0.25, 0.3) is 5.91 Å². The van der Waals surface area contributed by atoms with Crippen LogP contribution in [0.4, 0.5) is 26.3 Å². The minimum absolute atomic E-state index is 0.0509. The summed E-state index contributed by atoms with van der Waals surface area (Å²) in [5, 5.41) is 10.8. The number of benzene rings is 1. The van der Waals surface area contributed by atoms with Gasteiger partial charge in [0.2, 0.25) is 0 Å². The van der Waals surface area contributed by atoms with E-state index in [4.69, 9.17) is 0 Å². The number of aliphatic imine (C=N–C) groups is 1. The van der Waals surface area contributed by atoms with Crippen molar-refractivity contribution in [1.29, 1.82) is 0 Å². The summed E-state index contributed by atoms with van der Waals surface area (Å²) in [4.78, 5) is 15.0. The van der Waals surface area contributed by atoms with Crippen LogP contribution < -0.4 is 0 Å². The molecular formula is C19H14F6N2O2. The third-order valence-corrected chi connectivity index (χ3v) is 3.52. The molecule has 1 aliphatic rings. The molecule has 1 aliphatic carbocycles. The van der Waals surface area contributed by atoms with Crippen molar-refractivity contribution in [3.05, 3.63) is 83.6 Å². The maximum absolute atomic E-state index is 12.5. The maximum atomic E-state index is 12.5. The molecule has 0 bridgehead atoms. The predicted octanol–water partition coefficient (Wildman–Crippen LogP) is 4.91. The zero-order valence-corrected chi connectivity index (χ0v) is 14.6. The van der Waals surface area contributed by atoms with E-state index in [9.17, 15) is 36.3 Å². The quantitative estimate of drug-likeness (QED) is 0.431.